The van der Waals surface area contributed by atoms with Gasteiger partial charge in [-0.25, -0.2) is 17.8 Å². The van der Waals surface area contributed by atoms with Gasteiger partial charge in [-0.15, -0.1) is 0 Å². The maximum Gasteiger partial charge on any atom is 0.245 e. The van der Waals surface area contributed by atoms with Gasteiger partial charge in [0.2, 0.25) is 10.0 Å². The molecule has 0 saturated carbocycles. The molecule has 0 spiro atoms. The topological polar surface area (TPSA) is 81.0 Å². The number of halogens is 1. The molecule has 0 unspecified atom stereocenters. The van der Waals surface area contributed by atoms with Crippen molar-refractivity contribution in [3.63, 3.8) is 0 Å². The second-order valence-corrected chi connectivity index (χ2v) is 9.88. The quantitative estimate of drug-likeness (QED) is 0.472. The molecule has 1 aromatic carbocycles. The fourth-order valence-electron chi connectivity index (χ4n) is 4.24. The summed E-state index contributed by atoms with van der Waals surface area (Å²) in [6, 6.07) is 11.4. The zero-order chi connectivity index (χ0) is 22.3. The van der Waals surface area contributed by atoms with Crippen molar-refractivity contribution in [3.8, 4) is 11.3 Å². The largest absolute Gasteiger partial charge is 0.334 e. The van der Waals surface area contributed by atoms with E-state index in [1.54, 1.807) is 18.7 Å². The third-order valence-electron chi connectivity index (χ3n) is 5.99. The summed E-state index contributed by atoms with van der Waals surface area (Å²) in [5.74, 6) is -0.629. The lowest BCUT2D eigenvalue weighted by Gasteiger charge is -2.31. The van der Waals surface area contributed by atoms with Gasteiger partial charge in [-0.3, -0.25) is 9.97 Å². The van der Waals surface area contributed by atoms with Crippen molar-refractivity contribution in [3.05, 3.63) is 72.7 Å². The molecule has 5 rings (SSSR count). The van der Waals surface area contributed by atoms with Crippen LogP contribution in [0.4, 0.5) is 4.39 Å². The van der Waals surface area contributed by atoms with Crippen molar-refractivity contribution in [2.24, 2.45) is 7.05 Å². The predicted octanol–water partition coefficient (Wildman–Crippen LogP) is 3.74. The van der Waals surface area contributed by atoms with E-state index >= 15 is 0 Å². The third-order valence-corrected chi connectivity index (χ3v) is 7.93. The number of hydrogen-bond acceptors (Lipinski definition) is 5. The van der Waals surface area contributed by atoms with Gasteiger partial charge in [0.25, 0.3) is 0 Å². The molecule has 0 radical (unpaired) electrons. The summed E-state index contributed by atoms with van der Waals surface area (Å²) in [6.07, 6.45) is 6.46. The highest BCUT2D eigenvalue weighted by atomic mass is 32.2. The zero-order valence-corrected chi connectivity index (χ0v) is 18.3. The zero-order valence-electron chi connectivity index (χ0n) is 17.5. The van der Waals surface area contributed by atoms with E-state index in [1.807, 2.05) is 29.8 Å². The molecule has 7 nitrogen and oxygen atoms in total. The molecule has 1 aliphatic heterocycles. The smallest absolute Gasteiger partial charge is 0.245 e. The van der Waals surface area contributed by atoms with Crippen LogP contribution in [0.1, 0.15) is 24.5 Å². The number of aromatic nitrogens is 4. The Kier molecular flexibility index (Phi) is 5.22. The molecule has 164 valence electrons. The number of hydrogen-bond donors (Lipinski definition) is 0. The SMILES string of the molecule is Cn1cnc2c(-c3cccnc3)nc(C3CCN(S(=O)(=O)c4ccccc4F)CC3)cc21. The van der Waals surface area contributed by atoms with E-state index in [0.717, 1.165) is 28.0 Å². The normalized spacial score (nSPS) is 15.9. The summed E-state index contributed by atoms with van der Waals surface area (Å²) in [7, 11) is -1.93. The van der Waals surface area contributed by atoms with E-state index in [1.165, 1.54) is 28.6 Å². The van der Waals surface area contributed by atoms with Gasteiger partial charge < -0.3 is 4.57 Å². The molecule has 9 heteroatoms. The Hall–Kier alpha value is -3.17. The van der Waals surface area contributed by atoms with Crippen molar-refractivity contribution in [2.75, 3.05) is 13.1 Å². The van der Waals surface area contributed by atoms with Crippen molar-refractivity contribution >= 4 is 21.1 Å². The van der Waals surface area contributed by atoms with Crippen LogP contribution in [0.25, 0.3) is 22.3 Å². The molecule has 1 saturated heterocycles. The second-order valence-electron chi connectivity index (χ2n) is 7.97. The summed E-state index contributed by atoms with van der Waals surface area (Å²) in [5.41, 5.74) is 4.34. The van der Waals surface area contributed by atoms with Crippen LogP contribution in [0.3, 0.4) is 0 Å². The predicted molar refractivity (Wildman–Crippen MR) is 119 cm³/mol. The minimum absolute atomic E-state index is 0.0943. The van der Waals surface area contributed by atoms with Gasteiger partial charge in [0.1, 0.15) is 16.2 Å². The maximum absolute atomic E-state index is 14.1. The van der Waals surface area contributed by atoms with Crippen LogP contribution in [0.15, 0.2) is 66.1 Å². The molecule has 3 aromatic heterocycles. The van der Waals surface area contributed by atoms with Crippen LogP contribution in [-0.2, 0) is 17.1 Å². The first-order valence-corrected chi connectivity index (χ1v) is 11.9. The van der Waals surface area contributed by atoms with Crippen molar-refractivity contribution in [1.82, 2.24) is 23.8 Å². The summed E-state index contributed by atoms with van der Waals surface area (Å²) in [6.45, 7) is 0.628. The highest BCUT2D eigenvalue weighted by Crippen LogP contribution is 2.34. The second kappa shape index (κ2) is 8.07. The summed E-state index contributed by atoms with van der Waals surface area (Å²) >= 11 is 0. The standard InChI is InChI=1S/C23H22FN5O2S/c1-28-15-26-23-20(28)13-19(27-22(23)17-5-4-10-25-14-17)16-8-11-29(12-9-16)32(30,31)21-7-3-2-6-18(21)24/h2-7,10,13-16H,8-9,11-12H2,1H3. The minimum atomic E-state index is -3.87. The number of benzene rings is 1. The Morgan fingerprint density at radius 1 is 1.09 bits per heavy atom. The Labute approximate surface area is 185 Å². The average Bonchev–Trinajstić information content (AvgIpc) is 3.20. The number of piperidine rings is 1. The van der Waals surface area contributed by atoms with E-state index in [0.29, 0.717) is 25.9 Å². The van der Waals surface area contributed by atoms with Gasteiger partial charge >= 0.3 is 0 Å². The van der Waals surface area contributed by atoms with E-state index < -0.39 is 15.8 Å². The number of rotatable bonds is 4. The highest BCUT2D eigenvalue weighted by Gasteiger charge is 2.32. The number of imidazole rings is 1. The fourth-order valence-corrected chi connectivity index (χ4v) is 5.78. The molecule has 0 atom stereocenters. The summed E-state index contributed by atoms with van der Waals surface area (Å²) in [5, 5.41) is 0. The first-order valence-electron chi connectivity index (χ1n) is 10.4. The fraction of sp³-hybridized carbons (Fsp3) is 0.261. The van der Waals surface area contributed by atoms with Crippen LogP contribution in [0.5, 0.6) is 0 Å². The molecule has 0 bridgehead atoms. The number of fused-ring (bicyclic) bond motifs is 1. The number of pyridine rings is 2. The molecule has 1 fully saturated rings. The highest BCUT2D eigenvalue weighted by molar-refractivity contribution is 7.89. The molecule has 0 aliphatic carbocycles. The van der Waals surface area contributed by atoms with Gasteiger partial charge in [0.15, 0.2) is 0 Å². The lowest BCUT2D eigenvalue weighted by molar-refractivity contribution is 0.316. The van der Waals surface area contributed by atoms with E-state index in [9.17, 15) is 12.8 Å². The third kappa shape index (κ3) is 3.57. The molecule has 4 heterocycles. The molecular formula is C23H22FN5O2S. The number of aryl methyl sites for hydroxylation is 1. The monoisotopic (exact) mass is 451 g/mol. The Morgan fingerprint density at radius 3 is 2.59 bits per heavy atom. The van der Waals surface area contributed by atoms with Crippen LogP contribution < -0.4 is 0 Å². The number of sulfonamides is 1. The van der Waals surface area contributed by atoms with E-state index in [-0.39, 0.29) is 10.8 Å². The Bertz CT molecular complexity index is 1380. The Morgan fingerprint density at radius 2 is 1.88 bits per heavy atom. The van der Waals surface area contributed by atoms with Crippen molar-refractivity contribution in [1.29, 1.82) is 0 Å². The molecule has 0 N–H and O–H groups in total. The average molecular weight is 452 g/mol. The first-order chi connectivity index (χ1) is 15.4. The van der Waals surface area contributed by atoms with Gasteiger partial charge in [0.05, 0.1) is 17.5 Å². The van der Waals surface area contributed by atoms with Gasteiger partial charge in [-0.2, -0.15) is 4.31 Å². The summed E-state index contributed by atoms with van der Waals surface area (Å²) < 4.78 is 43.3. The molecule has 1 aliphatic rings. The molecular weight excluding hydrogens is 429 g/mol. The van der Waals surface area contributed by atoms with Crippen LogP contribution >= 0.6 is 0 Å². The lowest BCUT2D eigenvalue weighted by Crippen LogP contribution is -2.38. The van der Waals surface area contributed by atoms with Crippen molar-refractivity contribution < 1.29 is 12.8 Å². The van der Waals surface area contributed by atoms with Crippen LogP contribution in [0.2, 0.25) is 0 Å². The maximum atomic E-state index is 14.1. The molecule has 4 aromatic rings. The van der Waals surface area contributed by atoms with Gasteiger partial charge in [-0.1, -0.05) is 12.1 Å². The minimum Gasteiger partial charge on any atom is -0.334 e. The van der Waals surface area contributed by atoms with Crippen LogP contribution in [-0.4, -0.2) is 45.3 Å². The van der Waals surface area contributed by atoms with E-state index in [4.69, 9.17) is 4.98 Å². The van der Waals surface area contributed by atoms with Crippen LogP contribution in [0, 0.1) is 5.82 Å². The van der Waals surface area contributed by atoms with E-state index in [2.05, 4.69) is 9.97 Å². The van der Waals surface area contributed by atoms with Gasteiger partial charge in [-0.05, 0) is 43.2 Å². The lowest BCUT2D eigenvalue weighted by atomic mass is 9.93. The van der Waals surface area contributed by atoms with Crippen molar-refractivity contribution in [2.45, 2.75) is 23.7 Å². The summed E-state index contributed by atoms with van der Waals surface area (Å²) in [4.78, 5) is 13.4. The molecule has 32 heavy (non-hydrogen) atoms. The van der Waals surface area contributed by atoms with Gasteiger partial charge in [0, 0.05) is 49.7 Å². The first kappa shape index (κ1) is 20.7. The molecule has 0 amide bonds. The number of nitrogens with zero attached hydrogens (tertiary/aromatic N) is 5. The Balaban J connectivity index is 1.45.